The fourth-order valence-corrected chi connectivity index (χ4v) is 3.10. The molecule has 1 aromatic rings. The number of benzene rings is 1. The van der Waals surface area contributed by atoms with Crippen LogP contribution in [0, 0.1) is 10.1 Å². The van der Waals surface area contributed by atoms with E-state index in [9.17, 15) is 10.1 Å². The first-order valence-corrected chi connectivity index (χ1v) is 9.64. The third-order valence-electron chi connectivity index (χ3n) is 4.68. The average Bonchev–Trinajstić information content (AvgIpc) is 2.60. The highest BCUT2D eigenvalue weighted by Gasteiger charge is 2.11. The molecular weight excluding hydrogens is 300 g/mol. The average molecular weight is 335 g/mol. The van der Waals surface area contributed by atoms with Gasteiger partial charge in [0, 0.05) is 12.1 Å². The molecule has 0 aliphatic rings. The second-order valence-corrected chi connectivity index (χ2v) is 6.61. The van der Waals surface area contributed by atoms with E-state index >= 15 is 0 Å². The number of nitrogens with zero attached hydrogens (tertiary/aromatic N) is 1. The van der Waals surface area contributed by atoms with Gasteiger partial charge in [-0.3, -0.25) is 10.1 Å². The van der Waals surface area contributed by atoms with Crippen LogP contribution in [-0.4, -0.2) is 18.0 Å². The summed E-state index contributed by atoms with van der Waals surface area (Å²) >= 11 is 0. The Morgan fingerprint density at radius 1 is 0.958 bits per heavy atom. The molecule has 1 aromatic carbocycles. The van der Waals surface area contributed by atoms with Crippen molar-refractivity contribution < 1.29 is 4.92 Å². The lowest BCUT2D eigenvalue weighted by Gasteiger charge is -2.15. The van der Waals surface area contributed by atoms with Gasteiger partial charge in [-0.1, -0.05) is 58.1 Å². The van der Waals surface area contributed by atoms with Gasteiger partial charge in [-0.2, -0.15) is 0 Å². The minimum absolute atomic E-state index is 0.175. The Labute approximate surface area is 147 Å². The smallest absolute Gasteiger partial charge is 0.269 e. The number of nitro groups is 1. The van der Waals surface area contributed by atoms with Crippen LogP contribution in [-0.2, 0) is 0 Å². The quantitative estimate of drug-likeness (QED) is 0.265. The third kappa shape index (κ3) is 8.44. The van der Waals surface area contributed by atoms with E-state index in [0.29, 0.717) is 5.92 Å². The van der Waals surface area contributed by atoms with Crippen LogP contribution in [0.4, 0.5) is 5.69 Å². The maximum absolute atomic E-state index is 10.7. The van der Waals surface area contributed by atoms with Crippen molar-refractivity contribution in [3.8, 4) is 0 Å². The van der Waals surface area contributed by atoms with E-state index in [2.05, 4.69) is 19.2 Å². The number of rotatable bonds is 14. The second kappa shape index (κ2) is 12.9. The highest BCUT2D eigenvalue weighted by molar-refractivity contribution is 5.34. The molecule has 0 bridgehead atoms. The van der Waals surface area contributed by atoms with Crippen LogP contribution in [0.15, 0.2) is 24.3 Å². The van der Waals surface area contributed by atoms with Crippen LogP contribution in [0.2, 0.25) is 0 Å². The van der Waals surface area contributed by atoms with E-state index in [-0.39, 0.29) is 10.6 Å². The van der Waals surface area contributed by atoms with E-state index < -0.39 is 0 Å². The molecule has 1 N–H and O–H groups in total. The number of unbranched alkanes of at least 4 members (excludes halogenated alkanes) is 5. The summed E-state index contributed by atoms with van der Waals surface area (Å²) in [5.74, 6) is 0.502. The Morgan fingerprint density at radius 2 is 1.58 bits per heavy atom. The first-order chi connectivity index (χ1) is 11.7. The summed E-state index contributed by atoms with van der Waals surface area (Å²) in [6.07, 6.45) is 11.4. The summed E-state index contributed by atoms with van der Waals surface area (Å²) in [6, 6.07) is 7.07. The van der Waals surface area contributed by atoms with Gasteiger partial charge in [-0.25, -0.2) is 0 Å². The molecule has 1 unspecified atom stereocenters. The van der Waals surface area contributed by atoms with Crippen molar-refractivity contribution in [1.82, 2.24) is 5.32 Å². The lowest BCUT2D eigenvalue weighted by Crippen LogP contribution is -2.17. The molecule has 4 heteroatoms. The highest BCUT2D eigenvalue weighted by Crippen LogP contribution is 2.26. The maximum atomic E-state index is 10.7. The van der Waals surface area contributed by atoms with Crippen molar-refractivity contribution in [1.29, 1.82) is 0 Å². The van der Waals surface area contributed by atoms with Crippen molar-refractivity contribution in [3.63, 3.8) is 0 Å². The lowest BCUT2D eigenvalue weighted by atomic mass is 9.92. The Hall–Kier alpha value is -1.42. The minimum atomic E-state index is -0.336. The van der Waals surface area contributed by atoms with E-state index in [1.807, 2.05) is 12.1 Å². The van der Waals surface area contributed by atoms with Crippen LogP contribution >= 0.6 is 0 Å². The molecule has 0 fully saturated rings. The molecule has 1 rings (SSSR count). The van der Waals surface area contributed by atoms with E-state index in [4.69, 9.17) is 0 Å². The molecule has 0 saturated heterocycles. The predicted octanol–water partition coefficient (Wildman–Crippen LogP) is 5.82. The van der Waals surface area contributed by atoms with Gasteiger partial charge in [0.05, 0.1) is 4.92 Å². The largest absolute Gasteiger partial charge is 0.317 e. The molecule has 1 atom stereocenters. The van der Waals surface area contributed by atoms with Gasteiger partial charge in [-0.05, 0) is 50.3 Å². The lowest BCUT2D eigenvalue weighted by molar-refractivity contribution is -0.384. The van der Waals surface area contributed by atoms with Crippen molar-refractivity contribution in [3.05, 3.63) is 39.9 Å². The van der Waals surface area contributed by atoms with Crippen molar-refractivity contribution in [2.24, 2.45) is 0 Å². The van der Waals surface area contributed by atoms with Gasteiger partial charge in [0.15, 0.2) is 0 Å². The molecule has 136 valence electrons. The number of hydrogen-bond acceptors (Lipinski definition) is 3. The molecular formula is C20H34N2O2. The summed E-state index contributed by atoms with van der Waals surface area (Å²) in [6.45, 7) is 6.64. The SMILES string of the molecule is CCCCCCCCNCCCC(CC)c1ccc([N+](=O)[O-])cc1. The summed E-state index contributed by atoms with van der Waals surface area (Å²) in [7, 11) is 0. The molecule has 0 heterocycles. The Bertz CT molecular complexity index is 445. The number of nitro benzene ring substituents is 1. The Kier molecular flexibility index (Phi) is 11.1. The summed E-state index contributed by atoms with van der Waals surface area (Å²) in [5.41, 5.74) is 1.40. The second-order valence-electron chi connectivity index (χ2n) is 6.61. The van der Waals surface area contributed by atoms with Crippen molar-refractivity contribution in [2.45, 2.75) is 77.6 Å². The summed E-state index contributed by atoms with van der Waals surface area (Å²) in [5, 5.41) is 14.3. The number of non-ortho nitro benzene ring substituents is 1. The molecule has 0 aromatic heterocycles. The molecule has 0 saturated carbocycles. The monoisotopic (exact) mass is 334 g/mol. The molecule has 0 radical (unpaired) electrons. The topological polar surface area (TPSA) is 55.2 Å². The van der Waals surface area contributed by atoms with E-state index in [0.717, 1.165) is 32.4 Å². The van der Waals surface area contributed by atoms with Gasteiger partial charge in [0.1, 0.15) is 0 Å². The normalized spacial score (nSPS) is 12.2. The first kappa shape index (κ1) is 20.6. The van der Waals surface area contributed by atoms with Gasteiger partial charge >= 0.3 is 0 Å². The third-order valence-corrected chi connectivity index (χ3v) is 4.68. The van der Waals surface area contributed by atoms with Crippen LogP contribution in [0.5, 0.6) is 0 Å². The van der Waals surface area contributed by atoms with Gasteiger partial charge in [-0.15, -0.1) is 0 Å². The van der Waals surface area contributed by atoms with Crippen molar-refractivity contribution in [2.75, 3.05) is 13.1 Å². The maximum Gasteiger partial charge on any atom is 0.269 e. The van der Waals surface area contributed by atoms with Crippen LogP contribution in [0.3, 0.4) is 0 Å². The highest BCUT2D eigenvalue weighted by atomic mass is 16.6. The molecule has 0 amide bonds. The minimum Gasteiger partial charge on any atom is -0.317 e. The summed E-state index contributed by atoms with van der Waals surface area (Å²) < 4.78 is 0. The number of nitrogens with one attached hydrogen (secondary N) is 1. The molecule has 0 spiro atoms. The molecule has 24 heavy (non-hydrogen) atoms. The zero-order chi connectivity index (χ0) is 17.6. The predicted molar refractivity (Wildman–Crippen MR) is 102 cm³/mol. The molecule has 0 aliphatic carbocycles. The number of hydrogen-bond donors (Lipinski definition) is 1. The fraction of sp³-hybridized carbons (Fsp3) is 0.700. The zero-order valence-electron chi connectivity index (χ0n) is 15.4. The summed E-state index contributed by atoms with van der Waals surface area (Å²) in [4.78, 5) is 10.4. The van der Waals surface area contributed by atoms with E-state index in [1.165, 1.54) is 44.1 Å². The van der Waals surface area contributed by atoms with E-state index in [1.54, 1.807) is 12.1 Å². The Morgan fingerprint density at radius 3 is 2.21 bits per heavy atom. The van der Waals surface area contributed by atoms with Crippen LogP contribution < -0.4 is 5.32 Å². The van der Waals surface area contributed by atoms with Crippen LogP contribution in [0.1, 0.15) is 83.1 Å². The van der Waals surface area contributed by atoms with Gasteiger partial charge in [0.25, 0.3) is 5.69 Å². The Balaban J connectivity index is 2.14. The molecule has 0 aliphatic heterocycles. The first-order valence-electron chi connectivity index (χ1n) is 9.64. The van der Waals surface area contributed by atoms with Gasteiger partial charge in [0.2, 0.25) is 0 Å². The van der Waals surface area contributed by atoms with Crippen LogP contribution in [0.25, 0.3) is 0 Å². The molecule has 4 nitrogen and oxygen atoms in total. The zero-order valence-corrected chi connectivity index (χ0v) is 15.4. The van der Waals surface area contributed by atoms with Gasteiger partial charge < -0.3 is 5.32 Å². The standard InChI is InChI=1S/C20H34N2O2/c1-3-5-6-7-8-9-16-21-17-10-11-18(4-2)19-12-14-20(15-13-19)22(23)24/h12-15,18,21H,3-11,16-17H2,1-2H3. The van der Waals surface area contributed by atoms with Crippen molar-refractivity contribution >= 4 is 5.69 Å². The fourth-order valence-electron chi connectivity index (χ4n) is 3.10.